The number of hydrogen-bond donors (Lipinski definition) is 0. The van der Waals surface area contributed by atoms with Crippen LogP contribution in [0.2, 0.25) is 0 Å². The Balaban J connectivity index is 2.14. The summed E-state index contributed by atoms with van der Waals surface area (Å²) in [5.41, 5.74) is 0.801. The second-order valence-electron chi connectivity index (χ2n) is 4.59. The number of aromatic nitrogens is 4. The summed E-state index contributed by atoms with van der Waals surface area (Å²) in [5, 5.41) is 9.14. The lowest BCUT2D eigenvalue weighted by Crippen LogP contribution is -2.22. The van der Waals surface area contributed by atoms with Gasteiger partial charge in [-0.05, 0) is 48.9 Å². The van der Waals surface area contributed by atoms with Crippen molar-refractivity contribution in [3.05, 3.63) is 26.9 Å². The van der Waals surface area contributed by atoms with Gasteiger partial charge >= 0.3 is 0 Å². The lowest BCUT2D eigenvalue weighted by molar-refractivity contribution is 0.347. The number of hydrogen-bond acceptors (Lipinski definition) is 4. The highest BCUT2D eigenvalue weighted by Gasteiger charge is 2.14. The number of nitrogens with zero attached hydrogens (tertiary/aromatic N) is 4. The summed E-state index contributed by atoms with van der Waals surface area (Å²) in [6, 6.07) is 0. The first kappa shape index (κ1) is 12.4. The van der Waals surface area contributed by atoms with E-state index in [0.29, 0.717) is 0 Å². The molecule has 0 saturated heterocycles. The topological polar surface area (TPSA) is 43.6 Å². The normalized spacial score (nSPS) is 12.5. The van der Waals surface area contributed by atoms with Crippen molar-refractivity contribution < 1.29 is 0 Å². The van der Waals surface area contributed by atoms with E-state index in [1.807, 2.05) is 23.0 Å². The van der Waals surface area contributed by atoms with Crippen LogP contribution in [0.1, 0.15) is 31.5 Å². The number of halogens is 1. The molecule has 4 nitrogen and oxygen atoms in total. The number of thiazole rings is 1. The van der Waals surface area contributed by atoms with Crippen molar-refractivity contribution in [1.82, 2.24) is 20.0 Å². The van der Waals surface area contributed by atoms with E-state index in [-0.39, 0.29) is 5.54 Å². The maximum absolute atomic E-state index is 4.22. The third-order valence-corrected chi connectivity index (χ3v) is 3.53. The Morgan fingerprint density at radius 1 is 1.35 bits per heavy atom. The van der Waals surface area contributed by atoms with Gasteiger partial charge in [0.1, 0.15) is 10.7 Å². The summed E-state index contributed by atoms with van der Waals surface area (Å²) < 4.78 is 2.88. The van der Waals surface area contributed by atoms with Gasteiger partial charge in [0.15, 0.2) is 0 Å². The molecule has 0 amide bonds. The highest BCUT2D eigenvalue weighted by Crippen LogP contribution is 2.20. The quantitative estimate of drug-likeness (QED) is 0.853. The molecule has 0 aliphatic rings. The lowest BCUT2D eigenvalue weighted by Gasteiger charge is -2.17. The number of rotatable bonds is 2. The molecule has 0 aliphatic carbocycles. The molecular formula is C11H13BrN4S. The molecule has 0 aromatic carbocycles. The van der Waals surface area contributed by atoms with Crippen molar-refractivity contribution in [1.29, 1.82) is 0 Å². The minimum Gasteiger partial charge on any atom is -0.247 e. The maximum atomic E-state index is 4.22. The molecule has 0 radical (unpaired) electrons. The zero-order chi connectivity index (χ0) is 12.5. The smallest absolute Gasteiger partial charge is 0.117 e. The summed E-state index contributed by atoms with van der Waals surface area (Å²) in [5.74, 6) is 0. The van der Waals surface area contributed by atoms with E-state index in [4.69, 9.17) is 0 Å². The van der Waals surface area contributed by atoms with Gasteiger partial charge in [-0.2, -0.15) is 0 Å². The molecule has 17 heavy (non-hydrogen) atoms. The predicted octanol–water partition coefficient (Wildman–Crippen LogP) is 3.42. The van der Waals surface area contributed by atoms with Crippen LogP contribution >= 0.6 is 27.3 Å². The molecule has 2 aromatic heterocycles. The van der Waals surface area contributed by atoms with Crippen LogP contribution in [0.15, 0.2) is 16.2 Å². The van der Waals surface area contributed by atoms with E-state index in [1.165, 1.54) is 0 Å². The summed E-state index contributed by atoms with van der Waals surface area (Å²) >= 11 is 4.96. The van der Waals surface area contributed by atoms with Crippen molar-refractivity contribution >= 4 is 39.4 Å². The Hall–Kier alpha value is -1.01. The summed E-state index contributed by atoms with van der Waals surface area (Å²) in [6.45, 7) is 6.27. The highest BCUT2D eigenvalue weighted by atomic mass is 79.9. The fraction of sp³-hybridized carbons (Fsp3) is 0.364. The van der Waals surface area contributed by atoms with Crippen LogP contribution in [-0.2, 0) is 5.54 Å². The fourth-order valence-electron chi connectivity index (χ4n) is 1.18. The summed E-state index contributed by atoms with van der Waals surface area (Å²) in [7, 11) is 0. The first-order valence-electron chi connectivity index (χ1n) is 5.17. The molecule has 2 aromatic rings. The maximum Gasteiger partial charge on any atom is 0.117 e. The Bertz CT molecular complexity index is 536. The first-order chi connectivity index (χ1) is 7.95. The van der Waals surface area contributed by atoms with Crippen molar-refractivity contribution in [2.45, 2.75) is 26.3 Å². The SMILES string of the molecule is CC(C)(C)n1cc(C=Cc2ncc(Br)s2)nn1. The monoisotopic (exact) mass is 312 g/mol. The molecule has 0 aliphatic heterocycles. The second-order valence-corrected chi connectivity index (χ2v) is 7.04. The Labute approximate surface area is 113 Å². The molecule has 6 heteroatoms. The van der Waals surface area contributed by atoms with Gasteiger partial charge in [-0.25, -0.2) is 9.67 Å². The minimum absolute atomic E-state index is 0.0384. The third-order valence-electron chi connectivity index (χ3n) is 2.09. The zero-order valence-corrected chi connectivity index (χ0v) is 12.3. The molecule has 2 rings (SSSR count). The van der Waals surface area contributed by atoms with Gasteiger partial charge in [-0.15, -0.1) is 16.4 Å². The van der Waals surface area contributed by atoms with Gasteiger partial charge in [0.05, 0.1) is 21.7 Å². The second kappa shape index (κ2) is 4.70. The molecule has 0 saturated carbocycles. The fourth-order valence-corrected chi connectivity index (χ4v) is 2.33. The Morgan fingerprint density at radius 3 is 2.65 bits per heavy atom. The van der Waals surface area contributed by atoms with E-state index >= 15 is 0 Å². The molecule has 0 spiro atoms. The van der Waals surface area contributed by atoms with E-state index in [9.17, 15) is 0 Å². The average Bonchev–Trinajstić information content (AvgIpc) is 2.82. The van der Waals surface area contributed by atoms with Crippen LogP contribution in [0.4, 0.5) is 0 Å². The van der Waals surface area contributed by atoms with E-state index in [2.05, 4.69) is 52.0 Å². The van der Waals surface area contributed by atoms with Crippen molar-refractivity contribution in [3.8, 4) is 0 Å². The van der Waals surface area contributed by atoms with Gasteiger partial charge < -0.3 is 0 Å². The van der Waals surface area contributed by atoms with Gasteiger partial charge in [-0.3, -0.25) is 0 Å². The van der Waals surface area contributed by atoms with Crippen LogP contribution in [0.3, 0.4) is 0 Å². The van der Waals surface area contributed by atoms with E-state index in [0.717, 1.165) is 14.5 Å². The molecule has 0 bridgehead atoms. The zero-order valence-electron chi connectivity index (χ0n) is 9.88. The van der Waals surface area contributed by atoms with Gasteiger partial charge in [0.2, 0.25) is 0 Å². The molecule has 0 atom stereocenters. The van der Waals surface area contributed by atoms with Crippen molar-refractivity contribution in [3.63, 3.8) is 0 Å². The van der Waals surface area contributed by atoms with Crippen molar-refractivity contribution in [2.24, 2.45) is 0 Å². The lowest BCUT2D eigenvalue weighted by atomic mass is 10.1. The summed E-state index contributed by atoms with van der Waals surface area (Å²) in [4.78, 5) is 4.22. The Morgan fingerprint density at radius 2 is 2.12 bits per heavy atom. The van der Waals surface area contributed by atoms with Crippen molar-refractivity contribution in [2.75, 3.05) is 0 Å². The van der Waals surface area contributed by atoms with E-state index in [1.54, 1.807) is 17.5 Å². The highest BCUT2D eigenvalue weighted by molar-refractivity contribution is 9.11. The first-order valence-corrected chi connectivity index (χ1v) is 6.78. The summed E-state index contributed by atoms with van der Waals surface area (Å²) in [6.07, 6.45) is 7.57. The molecule has 0 fully saturated rings. The van der Waals surface area contributed by atoms with Gasteiger partial charge in [-0.1, -0.05) is 5.21 Å². The molecular weight excluding hydrogens is 300 g/mol. The van der Waals surface area contributed by atoms with Crippen LogP contribution in [-0.4, -0.2) is 20.0 Å². The van der Waals surface area contributed by atoms with Gasteiger partial charge in [0, 0.05) is 0 Å². The third kappa shape index (κ3) is 3.23. The molecule has 0 N–H and O–H groups in total. The minimum atomic E-state index is -0.0384. The van der Waals surface area contributed by atoms with Crippen LogP contribution in [0, 0.1) is 0 Å². The largest absolute Gasteiger partial charge is 0.247 e. The van der Waals surface area contributed by atoms with E-state index < -0.39 is 0 Å². The average molecular weight is 313 g/mol. The van der Waals surface area contributed by atoms with Crippen LogP contribution in [0.5, 0.6) is 0 Å². The standard InChI is InChI=1S/C11H13BrN4S/c1-11(2,3)16-7-8(14-15-16)4-5-10-13-6-9(12)17-10/h4-7H,1-3H3. The van der Waals surface area contributed by atoms with Crippen LogP contribution < -0.4 is 0 Å². The molecule has 90 valence electrons. The molecule has 2 heterocycles. The Kier molecular flexibility index (Phi) is 3.44. The van der Waals surface area contributed by atoms with Gasteiger partial charge in [0.25, 0.3) is 0 Å². The van der Waals surface area contributed by atoms with Crippen LogP contribution in [0.25, 0.3) is 12.2 Å². The molecule has 0 unspecified atom stereocenters. The predicted molar refractivity (Wildman–Crippen MR) is 73.8 cm³/mol.